The van der Waals surface area contributed by atoms with Crippen LogP contribution in [0.3, 0.4) is 0 Å². The molecule has 0 unspecified atom stereocenters. The van der Waals surface area contributed by atoms with Crippen molar-refractivity contribution >= 4 is 22.7 Å². The molecule has 1 saturated heterocycles. The van der Waals surface area contributed by atoms with E-state index < -0.39 is 0 Å². The van der Waals surface area contributed by atoms with Crippen LogP contribution in [-0.4, -0.2) is 53.1 Å². The summed E-state index contributed by atoms with van der Waals surface area (Å²) in [5.74, 6) is 0.288. The third kappa shape index (κ3) is 2.73. The molecule has 1 aromatic carbocycles. The van der Waals surface area contributed by atoms with Crippen LogP contribution in [-0.2, 0) is 0 Å². The Morgan fingerprint density at radius 1 is 1.09 bits per heavy atom. The Labute approximate surface area is 134 Å². The predicted octanol–water partition coefficient (Wildman–Crippen LogP) is 1.96. The van der Waals surface area contributed by atoms with Gasteiger partial charge in [0, 0.05) is 49.1 Å². The molecule has 3 aromatic rings. The van der Waals surface area contributed by atoms with Crippen molar-refractivity contribution in [2.45, 2.75) is 0 Å². The van der Waals surface area contributed by atoms with Gasteiger partial charge in [-0.2, -0.15) is 4.98 Å². The quantitative estimate of drug-likeness (QED) is 0.757. The highest BCUT2D eigenvalue weighted by atomic mass is 15.2. The summed E-state index contributed by atoms with van der Waals surface area (Å²) in [4.78, 5) is 16.4. The number of nitrogens with zero attached hydrogens (tertiary/aromatic N) is 4. The lowest BCUT2D eigenvalue weighted by molar-refractivity contribution is 0.313. The predicted molar refractivity (Wildman–Crippen MR) is 93.4 cm³/mol. The first kappa shape index (κ1) is 14.0. The highest BCUT2D eigenvalue weighted by Gasteiger charge is 2.14. The van der Waals surface area contributed by atoms with Crippen LogP contribution in [0.25, 0.3) is 22.3 Å². The fraction of sp³-hybridized carbons (Fsp3) is 0.294. The number of hydrogen-bond acceptors (Lipinski definition) is 5. The zero-order valence-electron chi connectivity index (χ0n) is 13.2. The summed E-state index contributed by atoms with van der Waals surface area (Å²) in [6, 6.07) is 10.7. The van der Waals surface area contributed by atoms with E-state index in [1.54, 1.807) is 6.20 Å². The van der Waals surface area contributed by atoms with Crippen molar-refractivity contribution in [1.29, 1.82) is 0 Å². The average Bonchev–Trinajstić information content (AvgIpc) is 2.99. The molecule has 1 fully saturated rings. The molecular weight excluding hydrogens is 288 g/mol. The summed E-state index contributed by atoms with van der Waals surface area (Å²) in [6.45, 7) is 4.39. The summed E-state index contributed by atoms with van der Waals surface area (Å²) in [5.41, 5.74) is 9.86. The monoisotopic (exact) mass is 308 g/mol. The zero-order valence-corrected chi connectivity index (χ0v) is 13.2. The third-order valence-corrected chi connectivity index (χ3v) is 4.44. The Balaban J connectivity index is 1.59. The summed E-state index contributed by atoms with van der Waals surface area (Å²) >= 11 is 0. The van der Waals surface area contributed by atoms with Gasteiger partial charge in [0.2, 0.25) is 5.95 Å². The van der Waals surface area contributed by atoms with Crippen LogP contribution in [0, 0.1) is 0 Å². The first-order chi connectivity index (χ1) is 11.2. The number of piperazine rings is 1. The van der Waals surface area contributed by atoms with Gasteiger partial charge in [0.15, 0.2) is 0 Å². The van der Waals surface area contributed by atoms with Crippen LogP contribution in [0.2, 0.25) is 0 Å². The lowest BCUT2D eigenvalue weighted by Gasteiger charge is -2.34. The number of nitrogens with two attached hydrogens (primary N) is 1. The van der Waals surface area contributed by atoms with E-state index in [2.05, 4.69) is 62.1 Å². The van der Waals surface area contributed by atoms with Gasteiger partial charge in [0.05, 0.1) is 0 Å². The number of likely N-dealkylation sites (N-methyl/N-ethyl adjacent to an activating group) is 1. The summed E-state index contributed by atoms with van der Waals surface area (Å²) in [6.07, 6.45) is 1.75. The molecule has 1 aliphatic rings. The average molecular weight is 308 g/mol. The highest BCUT2D eigenvalue weighted by Crippen LogP contribution is 2.26. The number of nitrogens with one attached hydrogen (secondary N) is 1. The van der Waals surface area contributed by atoms with Crippen molar-refractivity contribution in [3.8, 4) is 11.3 Å². The molecule has 3 heterocycles. The van der Waals surface area contributed by atoms with Gasteiger partial charge < -0.3 is 20.5 Å². The van der Waals surface area contributed by atoms with Gasteiger partial charge in [0.25, 0.3) is 0 Å². The Morgan fingerprint density at radius 3 is 2.57 bits per heavy atom. The second-order valence-electron chi connectivity index (χ2n) is 6.05. The minimum atomic E-state index is 0.288. The second kappa shape index (κ2) is 5.55. The maximum Gasteiger partial charge on any atom is 0.221 e. The number of aromatic nitrogens is 3. The molecule has 6 nitrogen and oxygen atoms in total. The molecule has 118 valence electrons. The molecule has 4 rings (SSSR count). The normalized spacial score (nSPS) is 16.1. The Morgan fingerprint density at radius 2 is 1.83 bits per heavy atom. The summed E-state index contributed by atoms with van der Waals surface area (Å²) < 4.78 is 0. The molecular formula is C17H20N6. The van der Waals surface area contributed by atoms with Crippen LogP contribution in [0.5, 0.6) is 0 Å². The van der Waals surface area contributed by atoms with Gasteiger partial charge in [-0.3, -0.25) is 0 Å². The van der Waals surface area contributed by atoms with Gasteiger partial charge in [-0.15, -0.1) is 0 Å². The SMILES string of the molecule is CN1CCN(c2ccc(-c3cc4cnc(N)nc4[nH]3)cc2)CC1. The smallest absolute Gasteiger partial charge is 0.221 e. The van der Waals surface area contributed by atoms with Crippen molar-refractivity contribution in [2.24, 2.45) is 0 Å². The number of H-pyrrole nitrogens is 1. The molecule has 3 N–H and O–H groups in total. The lowest BCUT2D eigenvalue weighted by atomic mass is 10.1. The largest absolute Gasteiger partial charge is 0.369 e. The number of aromatic amines is 1. The Hall–Kier alpha value is -2.60. The molecule has 2 aromatic heterocycles. The number of rotatable bonds is 2. The van der Waals surface area contributed by atoms with Crippen LogP contribution >= 0.6 is 0 Å². The molecule has 0 radical (unpaired) electrons. The fourth-order valence-electron chi connectivity index (χ4n) is 3.00. The Bertz CT molecular complexity index is 815. The number of benzene rings is 1. The zero-order chi connectivity index (χ0) is 15.8. The minimum Gasteiger partial charge on any atom is -0.369 e. The van der Waals surface area contributed by atoms with E-state index in [0.29, 0.717) is 0 Å². The number of anilines is 2. The standard InChI is InChI=1S/C17H20N6/c1-22-6-8-23(9-7-22)14-4-2-12(3-5-14)15-10-13-11-19-17(18)21-16(13)20-15/h2-5,10-11H,6-9H2,1H3,(H3,18,19,20,21). The van der Waals surface area contributed by atoms with E-state index >= 15 is 0 Å². The van der Waals surface area contributed by atoms with E-state index in [0.717, 1.165) is 48.5 Å². The summed E-state index contributed by atoms with van der Waals surface area (Å²) in [5, 5.41) is 0.970. The molecule has 0 amide bonds. The second-order valence-corrected chi connectivity index (χ2v) is 6.05. The maximum atomic E-state index is 5.63. The number of nitrogen functional groups attached to an aromatic ring is 1. The van der Waals surface area contributed by atoms with E-state index in [9.17, 15) is 0 Å². The van der Waals surface area contributed by atoms with Crippen molar-refractivity contribution in [3.05, 3.63) is 36.5 Å². The molecule has 0 aliphatic carbocycles. The van der Waals surface area contributed by atoms with Crippen molar-refractivity contribution in [2.75, 3.05) is 43.9 Å². The lowest BCUT2D eigenvalue weighted by Crippen LogP contribution is -2.44. The third-order valence-electron chi connectivity index (χ3n) is 4.44. The van der Waals surface area contributed by atoms with Crippen molar-refractivity contribution < 1.29 is 0 Å². The molecule has 0 atom stereocenters. The number of hydrogen-bond donors (Lipinski definition) is 2. The van der Waals surface area contributed by atoms with Crippen LogP contribution in [0.4, 0.5) is 11.6 Å². The Kier molecular flexibility index (Phi) is 3.38. The van der Waals surface area contributed by atoms with E-state index in [1.165, 1.54) is 5.69 Å². The minimum absolute atomic E-state index is 0.288. The van der Waals surface area contributed by atoms with Gasteiger partial charge in [-0.1, -0.05) is 12.1 Å². The molecule has 23 heavy (non-hydrogen) atoms. The molecule has 6 heteroatoms. The molecule has 1 aliphatic heterocycles. The van der Waals surface area contributed by atoms with Gasteiger partial charge in [-0.25, -0.2) is 4.98 Å². The van der Waals surface area contributed by atoms with Gasteiger partial charge in [0.1, 0.15) is 5.65 Å². The molecule has 0 spiro atoms. The highest BCUT2D eigenvalue weighted by molar-refractivity contribution is 5.83. The maximum absolute atomic E-state index is 5.63. The van der Waals surface area contributed by atoms with Gasteiger partial charge >= 0.3 is 0 Å². The summed E-state index contributed by atoms with van der Waals surface area (Å²) in [7, 11) is 2.17. The van der Waals surface area contributed by atoms with E-state index in [4.69, 9.17) is 5.73 Å². The first-order valence-corrected chi connectivity index (χ1v) is 7.84. The molecule has 0 saturated carbocycles. The topological polar surface area (TPSA) is 74.1 Å². The van der Waals surface area contributed by atoms with Crippen LogP contribution in [0.1, 0.15) is 0 Å². The van der Waals surface area contributed by atoms with Gasteiger partial charge in [-0.05, 0) is 30.8 Å². The fourth-order valence-corrected chi connectivity index (χ4v) is 3.00. The van der Waals surface area contributed by atoms with Crippen LogP contribution in [0.15, 0.2) is 36.5 Å². The van der Waals surface area contributed by atoms with E-state index in [-0.39, 0.29) is 5.95 Å². The van der Waals surface area contributed by atoms with Crippen molar-refractivity contribution in [1.82, 2.24) is 19.9 Å². The van der Waals surface area contributed by atoms with Crippen molar-refractivity contribution in [3.63, 3.8) is 0 Å². The number of fused-ring (bicyclic) bond motifs is 1. The van der Waals surface area contributed by atoms with E-state index in [1.807, 2.05) is 0 Å². The first-order valence-electron chi connectivity index (χ1n) is 7.84. The molecule has 0 bridgehead atoms. The van der Waals surface area contributed by atoms with Crippen LogP contribution < -0.4 is 10.6 Å².